The van der Waals surface area contributed by atoms with Crippen molar-refractivity contribution in [1.82, 2.24) is 4.98 Å². The molecule has 1 aromatic heterocycles. The van der Waals surface area contributed by atoms with Crippen molar-refractivity contribution in [1.29, 1.82) is 0 Å². The van der Waals surface area contributed by atoms with Crippen molar-refractivity contribution >= 4 is 11.6 Å². The average molecular weight is 192 g/mol. The molecule has 1 fully saturated rings. The van der Waals surface area contributed by atoms with Gasteiger partial charge in [-0.25, -0.2) is 0 Å². The van der Waals surface area contributed by atoms with Gasteiger partial charge in [-0.05, 0) is 6.07 Å². The van der Waals surface area contributed by atoms with E-state index >= 15 is 0 Å². The Morgan fingerprint density at radius 2 is 2.27 bits per heavy atom. The van der Waals surface area contributed by atoms with Crippen LogP contribution in [0.4, 0.5) is 0 Å². The zero-order valence-corrected chi connectivity index (χ0v) is 10.3. The largest absolute Gasteiger partial charge is 1.00 e. The van der Waals surface area contributed by atoms with Gasteiger partial charge in [0.25, 0.3) is 0 Å². The third-order valence-electron chi connectivity index (χ3n) is 1.63. The van der Waals surface area contributed by atoms with Crippen molar-refractivity contribution in [3.8, 4) is 0 Å². The van der Waals surface area contributed by atoms with Crippen LogP contribution >= 0.6 is 11.6 Å². The SMILES string of the molecule is Clc1cncc([C@@H]2[CH-]C2)c1.[K+]. The van der Waals surface area contributed by atoms with E-state index in [1.807, 2.05) is 12.3 Å². The minimum Gasteiger partial charge on any atom is -0.325 e. The van der Waals surface area contributed by atoms with Crippen LogP contribution in [0.3, 0.4) is 0 Å². The zero-order chi connectivity index (χ0) is 6.97. The van der Waals surface area contributed by atoms with Crippen LogP contribution in [0.5, 0.6) is 0 Å². The number of pyridine rings is 1. The predicted octanol–water partition coefficient (Wildman–Crippen LogP) is -0.569. The molecule has 0 aromatic carbocycles. The van der Waals surface area contributed by atoms with Crippen LogP contribution in [-0.4, -0.2) is 4.98 Å². The zero-order valence-electron chi connectivity index (χ0n) is 6.42. The monoisotopic (exact) mass is 191 g/mol. The van der Waals surface area contributed by atoms with Crippen molar-refractivity contribution in [2.75, 3.05) is 0 Å². The van der Waals surface area contributed by atoms with Gasteiger partial charge in [-0.15, -0.1) is 0 Å². The number of rotatable bonds is 1. The van der Waals surface area contributed by atoms with Crippen LogP contribution in [0.15, 0.2) is 18.5 Å². The molecular weight excluding hydrogens is 185 g/mol. The summed E-state index contributed by atoms with van der Waals surface area (Å²) in [6.07, 6.45) is 6.96. The number of halogens is 1. The Morgan fingerprint density at radius 1 is 1.55 bits per heavy atom. The molecule has 1 heterocycles. The summed E-state index contributed by atoms with van der Waals surface area (Å²) in [5, 5.41) is 0.734. The van der Waals surface area contributed by atoms with E-state index in [0.717, 1.165) is 5.02 Å². The van der Waals surface area contributed by atoms with Crippen molar-refractivity contribution in [2.45, 2.75) is 12.3 Å². The fourth-order valence-electron chi connectivity index (χ4n) is 0.971. The van der Waals surface area contributed by atoms with Gasteiger partial charge in [0, 0.05) is 12.4 Å². The van der Waals surface area contributed by atoms with E-state index in [2.05, 4.69) is 11.4 Å². The number of nitrogens with zero attached hydrogens (tertiary/aromatic N) is 1. The van der Waals surface area contributed by atoms with Crippen molar-refractivity contribution in [3.63, 3.8) is 0 Å². The molecule has 1 saturated carbocycles. The normalized spacial score (nSPS) is 20.6. The number of hydrogen-bond acceptors (Lipinski definition) is 1. The van der Waals surface area contributed by atoms with Gasteiger partial charge < -0.3 is 6.42 Å². The Bertz CT molecular complexity index is 248. The third kappa shape index (κ3) is 2.79. The Balaban J connectivity index is 0.000000605. The second-order valence-electron chi connectivity index (χ2n) is 2.51. The van der Waals surface area contributed by atoms with Crippen molar-refractivity contribution in [3.05, 3.63) is 35.5 Å². The van der Waals surface area contributed by atoms with Crippen LogP contribution in [0, 0.1) is 6.42 Å². The van der Waals surface area contributed by atoms with Gasteiger partial charge in [-0.2, -0.15) is 12.3 Å². The molecule has 0 aliphatic heterocycles. The van der Waals surface area contributed by atoms with Crippen molar-refractivity contribution in [2.24, 2.45) is 0 Å². The van der Waals surface area contributed by atoms with Gasteiger partial charge >= 0.3 is 51.4 Å². The first kappa shape index (κ1) is 10.2. The molecule has 52 valence electrons. The second kappa shape index (κ2) is 4.35. The van der Waals surface area contributed by atoms with E-state index < -0.39 is 0 Å². The molecule has 0 N–H and O–H groups in total. The minimum absolute atomic E-state index is 0. The standard InChI is InChI=1S/C8H7ClN.K/c9-8-3-7(4-10-5-8)6-1-2-6;/h1,3-6H,2H2;/q-1;+1/t6-;/m1./s1. The molecule has 11 heavy (non-hydrogen) atoms. The molecule has 0 saturated heterocycles. The van der Waals surface area contributed by atoms with Gasteiger partial charge in [-0.3, -0.25) is 4.98 Å². The molecular formula is C8H7ClKN. The summed E-state index contributed by atoms with van der Waals surface area (Å²) in [6, 6.07) is 1.97. The predicted molar refractivity (Wildman–Crippen MR) is 40.9 cm³/mol. The molecule has 0 radical (unpaired) electrons. The maximum atomic E-state index is 5.74. The second-order valence-corrected chi connectivity index (χ2v) is 2.95. The van der Waals surface area contributed by atoms with Crippen LogP contribution in [0.25, 0.3) is 0 Å². The topological polar surface area (TPSA) is 12.9 Å². The smallest absolute Gasteiger partial charge is 0.325 e. The van der Waals surface area contributed by atoms with E-state index in [9.17, 15) is 0 Å². The number of hydrogen-bond donors (Lipinski definition) is 0. The molecule has 1 atom stereocenters. The molecule has 0 spiro atoms. The van der Waals surface area contributed by atoms with Gasteiger partial charge in [-0.1, -0.05) is 17.2 Å². The molecule has 0 unspecified atom stereocenters. The molecule has 1 nitrogen and oxygen atoms in total. The maximum absolute atomic E-state index is 5.74. The summed E-state index contributed by atoms with van der Waals surface area (Å²) in [5.74, 6) is 0.631. The summed E-state index contributed by atoms with van der Waals surface area (Å²) < 4.78 is 0. The fourth-order valence-corrected chi connectivity index (χ4v) is 1.15. The first-order valence-corrected chi connectivity index (χ1v) is 3.68. The molecule has 0 amide bonds. The fraction of sp³-hybridized carbons (Fsp3) is 0.250. The average Bonchev–Trinajstić information content (AvgIpc) is 2.68. The molecule has 1 aliphatic rings. The van der Waals surface area contributed by atoms with Crippen molar-refractivity contribution < 1.29 is 51.4 Å². The van der Waals surface area contributed by atoms with Crippen LogP contribution in [0.1, 0.15) is 17.9 Å². The summed E-state index contributed by atoms with van der Waals surface area (Å²) >= 11 is 5.74. The Labute approximate surface area is 114 Å². The van der Waals surface area contributed by atoms with Gasteiger partial charge in [0.1, 0.15) is 0 Å². The van der Waals surface area contributed by atoms with Gasteiger partial charge in [0.15, 0.2) is 0 Å². The van der Waals surface area contributed by atoms with Gasteiger partial charge in [0.05, 0.1) is 5.02 Å². The number of aromatic nitrogens is 1. The minimum atomic E-state index is 0. The van der Waals surface area contributed by atoms with E-state index in [1.54, 1.807) is 6.20 Å². The maximum Gasteiger partial charge on any atom is 1.00 e. The summed E-state index contributed by atoms with van der Waals surface area (Å²) in [5.41, 5.74) is 1.24. The van der Waals surface area contributed by atoms with Crippen LogP contribution in [-0.2, 0) is 0 Å². The van der Waals surface area contributed by atoms with Gasteiger partial charge in [0.2, 0.25) is 0 Å². The van der Waals surface area contributed by atoms with E-state index in [0.29, 0.717) is 5.92 Å². The Kier molecular flexibility index (Phi) is 4.02. The van der Waals surface area contributed by atoms with Crippen LogP contribution < -0.4 is 51.4 Å². The first-order chi connectivity index (χ1) is 4.86. The van der Waals surface area contributed by atoms with E-state index in [4.69, 9.17) is 11.6 Å². The first-order valence-electron chi connectivity index (χ1n) is 3.30. The van der Waals surface area contributed by atoms with E-state index in [-0.39, 0.29) is 51.4 Å². The Morgan fingerprint density at radius 3 is 2.82 bits per heavy atom. The summed E-state index contributed by atoms with van der Waals surface area (Å²) in [6.45, 7) is 0. The summed E-state index contributed by atoms with van der Waals surface area (Å²) in [4.78, 5) is 3.99. The summed E-state index contributed by atoms with van der Waals surface area (Å²) in [7, 11) is 0. The molecule has 2 rings (SSSR count). The quantitative estimate of drug-likeness (QED) is 0.428. The van der Waals surface area contributed by atoms with Crippen LogP contribution in [0.2, 0.25) is 5.02 Å². The van der Waals surface area contributed by atoms with E-state index in [1.165, 1.54) is 12.0 Å². The molecule has 1 aliphatic carbocycles. The Hall–Kier alpha value is 1.08. The molecule has 1 aromatic rings. The third-order valence-corrected chi connectivity index (χ3v) is 1.83. The molecule has 3 heteroatoms. The molecule has 0 bridgehead atoms.